The molecule has 1 atom stereocenters. The van der Waals surface area contributed by atoms with Crippen LogP contribution in [-0.2, 0) is 10.0 Å². The van der Waals surface area contributed by atoms with Gasteiger partial charge in [-0.2, -0.15) is 4.31 Å². The number of nitrogens with one attached hydrogen (secondary N) is 1. The number of rotatable bonds is 6. The minimum Gasteiger partial charge on any atom is -0.372 e. The molecule has 18 heavy (non-hydrogen) atoms. The first-order valence-electron chi connectivity index (χ1n) is 6.06. The number of aromatic nitrogens is 1. The molecule has 0 bridgehead atoms. The number of nitrogens with zero attached hydrogens (tertiary/aromatic N) is 2. The first kappa shape index (κ1) is 14.9. The lowest BCUT2D eigenvalue weighted by atomic mass is 10.2. The SMILES string of the molecule is CCCC(C)N(C)S(=O)(=O)c1cccnc1NC. The molecule has 0 aliphatic carbocycles. The van der Waals surface area contributed by atoms with E-state index in [2.05, 4.69) is 10.3 Å². The largest absolute Gasteiger partial charge is 0.372 e. The lowest BCUT2D eigenvalue weighted by molar-refractivity contribution is 0.369. The summed E-state index contributed by atoms with van der Waals surface area (Å²) >= 11 is 0. The third-order valence-corrected chi connectivity index (χ3v) is 5.00. The summed E-state index contributed by atoms with van der Waals surface area (Å²) in [7, 11) is -0.218. The van der Waals surface area contributed by atoms with Gasteiger partial charge in [-0.05, 0) is 25.5 Å². The predicted octanol–water partition coefficient (Wildman–Crippen LogP) is 1.93. The zero-order valence-electron chi connectivity index (χ0n) is 11.3. The summed E-state index contributed by atoms with van der Waals surface area (Å²) in [6.45, 7) is 3.95. The summed E-state index contributed by atoms with van der Waals surface area (Å²) in [6, 6.07) is 3.18. The van der Waals surface area contributed by atoms with Crippen LogP contribution in [0.4, 0.5) is 5.82 Å². The smallest absolute Gasteiger partial charge is 0.246 e. The molecule has 0 aliphatic heterocycles. The van der Waals surface area contributed by atoms with Crippen LogP contribution in [0.5, 0.6) is 0 Å². The van der Waals surface area contributed by atoms with Crippen LogP contribution in [0.2, 0.25) is 0 Å². The van der Waals surface area contributed by atoms with E-state index in [1.54, 1.807) is 32.4 Å². The molecule has 0 radical (unpaired) electrons. The number of hydrogen-bond acceptors (Lipinski definition) is 4. The van der Waals surface area contributed by atoms with Crippen molar-refractivity contribution in [1.82, 2.24) is 9.29 Å². The van der Waals surface area contributed by atoms with E-state index >= 15 is 0 Å². The Morgan fingerprint density at radius 1 is 1.50 bits per heavy atom. The van der Waals surface area contributed by atoms with Crippen molar-refractivity contribution < 1.29 is 8.42 Å². The van der Waals surface area contributed by atoms with Gasteiger partial charge in [0.1, 0.15) is 10.7 Å². The van der Waals surface area contributed by atoms with Crippen LogP contribution in [0.3, 0.4) is 0 Å². The topological polar surface area (TPSA) is 62.3 Å². The quantitative estimate of drug-likeness (QED) is 0.859. The second-order valence-corrected chi connectivity index (χ2v) is 6.23. The number of sulfonamides is 1. The fourth-order valence-electron chi connectivity index (χ4n) is 1.78. The van der Waals surface area contributed by atoms with Crippen LogP contribution in [0.1, 0.15) is 26.7 Å². The molecule has 0 spiro atoms. The molecular weight excluding hydrogens is 250 g/mol. The molecule has 1 heterocycles. The van der Waals surface area contributed by atoms with Crippen LogP contribution in [0.15, 0.2) is 23.2 Å². The Bertz CT molecular complexity index is 488. The Kier molecular flexibility index (Phi) is 5.10. The molecule has 1 aromatic rings. The van der Waals surface area contributed by atoms with Crippen molar-refractivity contribution in [3.63, 3.8) is 0 Å². The zero-order valence-corrected chi connectivity index (χ0v) is 12.2. The molecule has 1 N–H and O–H groups in total. The minimum absolute atomic E-state index is 0.0232. The summed E-state index contributed by atoms with van der Waals surface area (Å²) in [4.78, 5) is 4.25. The lowest BCUT2D eigenvalue weighted by Crippen LogP contribution is -2.35. The Labute approximate surface area is 109 Å². The highest BCUT2D eigenvalue weighted by molar-refractivity contribution is 7.89. The highest BCUT2D eigenvalue weighted by Gasteiger charge is 2.27. The third-order valence-electron chi connectivity index (χ3n) is 2.99. The maximum Gasteiger partial charge on any atom is 0.246 e. The summed E-state index contributed by atoms with van der Waals surface area (Å²) in [5.41, 5.74) is 0. The highest BCUT2D eigenvalue weighted by Crippen LogP contribution is 2.23. The lowest BCUT2D eigenvalue weighted by Gasteiger charge is -2.24. The standard InChI is InChI=1S/C12H21N3O2S/c1-5-7-10(2)15(4)18(16,17)11-8-6-9-14-12(11)13-3/h6,8-10H,5,7H2,1-4H3,(H,13,14). The number of anilines is 1. The van der Waals surface area contributed by atoms with Gasteiger partial charge in [0.25, 0.3) is 0 Å². The molecule has 0 saturated carbocycles. The van der Waals surface area contributed by atoms with Gasteiger partial charge in [0.15, 0.2) is 0 Å². The monoisotopic (exact) mass is 271 g/mol. The van der Waals surface area contributed by atoms with Crippen molar-refractivity contribution in [2.24, 2.45) is 0 Å². The fourth-order valence-corrected chi connectivity index (χ4v) is 3.32. The van der Waals surface area contributed by atoms with Gasteiger partial charge < -0.3 is 5.32 Å². The van der Waals surface area contributed by atoms with Crippen LogP contribution in [-0.4, -0.2) is 37.8 Å². The molecule has 6 heteroatoms. The Morgan fingerprint density at radius 2 is 2.17 bits per heavy atom. The van der Waals surface area contributed by atoms with Gasteiger partial charge in [-0.3, -0.25) is 0 Å². The van der Waals surface area contributed by atoms with Crippen LogP contribution in [0, 0.1) is 0 Å². The van der Waals surface area contributed by atoms with Crippen LogP contribution < -0.4 is 5.32 Å². The maximum atomic E-state index is 12.5. The van der Waals surface area contributed by atoms with E-state index in [4.69, 9.17) is 0 Å². The van der Waals surface area contributed by atoms with E-state index < -0.39 is 10.0 Å². The van der Waals surface area contributed by atoms with Crippen LogP contribution in [0.25, 0.3) is 0 Å². The molecule has 0 saturated heterocycles. The molecule has 102 valence electrons. The van der Waals surface area contributed by atoms with E-state index in [1.807, 2.05) is 13.8 Å². The Balaban J connectivity index is 3.13. The van der Waals surface area contributed by atoms with Crippen molar-refractivity contribution in [1.29, 1.82) is 0 Å². The van der Waals surface area contributed by atoms with Gasteiger partial charge in [-0.25, -0.2) is 13.4 Å². The Morgan fingerprint density at radius 3 is 2.72 bits per heavy atom. The zero-order chi connectivity index (χ0) is 13.8. The average Bonchev–Trinajstić information content (AvgIpc) is 2.38. The van der Waals surface area contributed by atoms with Gasteiger partial charge >= 0.3 is 0 Å². The van der Waals surface area contributed by atoms with Gasteiger partial charge in [0.2, 0.25) is 10.0 Å². The molecule has 1 unspecified atom stereocenters. The summed E-state index contributed by atoms with van der Waals surface area (Å²) in [5.74, 6) is 0.382. The van der Waals surface area contributed by atoms with Crippen molar-refractivity contribution in [2.75, 3.05) is 19.4 Å². The molecule has 0 aliphatic rings. The van der Waals surface area contributed by atoms with E-state index in [-0.39, 0.29) is 10.9 Å². The van der Waals surface area contributed by atoms with Crippen molar-refractivity contribution >= 4 is 15.8 Å². The molecule has 1 rings (SSSR count). The van der Waals surface area contributed by atoms with Gasteiger partial charge in [-0.1, -0.05) is 13.3 Å². The van der Waals surface area contributed by atoms with Crippen molar-refractivity contribution in [3.05, 3.63) is 18.3 Å². The van der Waals surface area contributed by atoms with E-state index in [9.17, 15) is 8.42 Å². The molecule has 5 nitrogen and oxygen atoms in total. The van der Waals surface area contributed by atoms with E-state index in [0.717, 1.165) is 12.8 Å². The van der Waals surface area contributed by atoms with Crippen molar-refractivity contribution in [3.8, 4) is 0 Å². The van der Waals surface area contributed by atoms with Gasteiger partial charge in [0, 0.05) is 26.3 Å². The number of pyridine rings is 1. The summed E-state index contributed by atoms with van der Waals surface area (Å²) < 4.78 is 26.4. The van der Waals surface area contributed by atoms with E-state index in [1.165, 1.54) is 4.31 Å². The van der Waals surface area contributed by atoms with Crippen LogP contribution >= 0.6 is 0 Å². The number of hydrogen-bond donors (Lipinski definition) is 1. The average molecular weight is 271 g/mol. The van der Waals surface area contributed by atoms with Gasteiger partial charge in [-0.15, -0.1) is 0 Å². The second kappa shape index (κ2) is 6.15. The van der Waals surface area contributed by atoms with Gasteiger partial charge in [0.05, 0.1) is 0 Å². The molecular formula is C12H21N3O2S. The summed E-state index contributed by atoms with van der Waals surface area (Å²) in [6.07, 6.45) is 3.36. The highest BCUT2D eigenvalue weighted by atomic mass is 32.2. The molecule has 0 aromatic carbocycles. The van der Waals surface area contributed by atoms with Crippen molar-refractivity contribution in [2.45, 2.75) is 37.6 Å². The first-order chi connectivity index (χ1) is 8.45. The normalized spacial score (nSPS) is 13.6. The predicted molar refractivity (Wildman–Crippen MR) is 73.1 cm³/mol. The first-order valence-corrected chi connectivity index (χ1v) is 7.50. The maximum absolute atomic E-state index is 12.5. The molecule has 0 amide bonds. The third kappa shape index (κ3) is 3.00. The Hall–Kier alpha value is -1.14. The minimum atomic E-state index is -3.49. The van der Waals surface area contributed by atoms with E-state index in [0.29, 0.717) is 5.82 Å². The molecule has 0 fully saturated rings. The molecule has 1 aromatic heterocycles. The second-order valence-electron chi connectivity index (χ2n) is 4.26. The fraction of sp³-hybridized carbons (Fsp3) is 0.583. The summed E-state index contributed by atoms with van der Waals surface area (Å²) in [5, 5.41) is 2.81.